The number of thiophene rings is 1. The summed E-state index contributed by atoms with van der Waals surface area (Å²) in [7, 11) is 0. The average molecular weight is 426 g/mol. The number of aromatic nitrogens is 4. The van der Waals surface area contributed by atoms with Crippen LogP contribution in [0.5, 0.6) is 0 Å². The second kappa shape index (κ2) is 7.20. The highest BCUT2D eigenvalue weighted by Gasteiger charge is 2.38. The van der Waals surface area contributed by atoms with Crippen LogP contribution in [0.1, 0.15) is 53.7 Å². The van der Waals surface area contributed by atoms with Gasteiger partial charge in [-0.1, -0.05) is 5.16 Å². The molecule has 2 aliphatic carbocycles. The molecule has 1 saturated carbocycles. The first-order chi connectivity index (χ1) is 12.6. The number of thioether (sulfide) groups is 1. The van der Waals surface area contributed by atoms with E-state index in [1.807, 2.05) is 0 Å². The lowest BCUT2D eigenvalue weighted by Crippen LogP contribution is -2.44. The molecular weight excluding hydrogens is 406 g/mol. The van der Waals surface area contributed by atoms with Gasteiger partial charge in [-0.15, -0.1) is 35.5 Å². The molecule has 27 heavy (non-hydrogen) atoms. The zero-order valence-corrected chi connectivity index (χ0v) is 17.1. The Morgan fingerprint density at radius 3 is 2.85 bits per heavy atom. The van der Waals surface area contributed by atoms with Crippen molar-refractivity contribution >= 4 is 45.7 Å². The van der Waals surface area contributed by atoms with Gasteiger partial charge < -0.3 is 15.2 Å². The van der Waals surface area contributed by atoms with Crippen molar-refractivity contribution in [3.63, 3.8) is 0 Å². The van der Waals surface area contributed by atoms with Crippen LogP contribution >= 0.6 is 35.5 Å². The van der Waals surface area contributed by atoms with Gasteiger partial charge in [-0.25, -0.2) is 4.98 Å². The van der Waals surface area contributed by atoms with E-state index in [4.69, 9.17) is 10.3 Å². The molecule has 0 aliphatic heterocycles. The van der Waals surface area contributed by atoms with Gasteiger partial charge in [-0.05, 0) is 44.1 Å². The van der Waals surface area contributed by atoms with Crippen LogP contribution in [0.15, 0.2) is 9.32 Å². The van der Waals surface area contributed by atoms with E-state index in [-0.39, 0.29) is 18.0 Å². The molecule has 0 spiro atoms. The molecular formula is C17H20ClN5O2S2. The first-order valence-corrected chi connectivity index (χ1v) is 10.8. The van der Waals surface area contributed by atoms with Crippen LogP contribution in [0.2, 0.25) is 0 Å². The highest BCUT2D eigenvalue weighted by molar-refractivity contribution is 7.97. The van der Waals surface area contributed by atoms with E-state index in [0.29, 0.717) is 29.0 Å². The zero-order chi connectivity index (χ0) is 17.7. The van der Waals surface area contributed by atoms with E-state index >= 15 is 0 Å². The van der Waals surface area contributed by atoms with E-state index in [1.165, 1.54) is 10.4 Å². The Kier molecular flexibility index (Phi) is 5.04. The number of aryl methyl sites for hydroxylation is 2. The lowest BCUT2D eigenvalue weighted by molar-refractivity contribution is 0.229. The number of aromatic amines is 1. The van der Waals surface area contributed by atoms with Gasteiger partial charge in [0.2, 0.25) is 5.89 Å². The number of H-pyrrole nitrogens is 1. The van der Waals surface area contributed by atoms with E-state index in [2.05, 4.69) is 20.1 Å². The van der Waals surface area contributed by atoms with Crippen molar-refractivity contribution in [2.45, 2.75) is 55.6 Å². The lowest BCUT2D eigenvalue weighted by Gasteiger charge is -2.34. The quantitative estimate of drug-likeness (QED) is 0.646. The lowest BCUT2D eigenvalue weighted by atomic mass is 9.77. The van der Waals surface area contributed by atoms with Crippen LogP contribution in [0, 0.1) is 0 Å². The molecule has 0 atom stereocenters. The number of fused-ring (bicyclic) bond motifs is 3. The Morgan fingerprint density at radius 2 is 2.07 bits per heavy atom. The number of nitrogens with one attached hydrogen (secondary N) is 1. The summed E-state index contributed by atoms with van der Waals surface area (Å²) in [6.07, 6.45) is 6.15. The molecule has 2 aliphatic rings. The van der Waals surface area contributed by atoms with Crippen LogP contribution in [-0.4, -0.2) is 20.1 Å². The molecule has 0 bridgehead atoms. The molecule has 3 aromatic rings. The summed E-state index contributed by atoms with van der Waals surface area (Å²) in [5, 5.41) is 4.82. The number of hydrogen-bond acceptors (Lipinski definition) is 8. The maximum absolute atomic E-state index is 12.5. The van der Waals surface area contributed by atoms with E-state index in [0.717, 1.165) is 48.7 Å². The molecule has 1 fully saturated rings. The fourth-order valence-electron chi connectivity index (χ4n) is 3.65. The fourth-order valence-corrected chi connectivity index (χ4v) is 5.65. The summed E-state index contributed by atoms with van der Waals surface area (Å²) < 4.78 is 5.31. The summed E-state index contributed by atoms with van der Waals surface area (Å²) in [6, 6.07) is 0. The Hall–Kier alpha value is -1.42. The van der Waals surface area contributed by atoms with Crippen molar-refractivity contribution in [1.82, 2.24) is 20.1 Å². The van der Waals surface area contributed by atoms with Crippen LogP contribution in [0.25, 0.3) is 10.2 Å². The van der Waals surface area contributed by atoms with Gasteiger partial charge in [0, 0.05) is 4.88 Å². The topological polar surface area (TPSA) is 111 Å². The summed E-state index contributed by atoms with van der Waals surface area (Å²) in [5.41, 5.74) is 7.02. The standard InChI is InChI=1S/C17H19N5O2S2.ClH/c18-17(5-2-6-17)16-21-12(24-22-16)8-25-7-11-19-14(23)13-9-3-1-4-10(9)26-15(13)20-11;/h1-8,18H2,(H,19,20,23);1H. The predicted octanol–water partition coefficient (Wildman–Crippen LogP) is 3.05. The fraction of sp³-hybridized carbons (Fsp3) is 0.529. The summed E-state index contributed by atoms with van der Waals surface area (Å²) >= 11 is 3.26. The maximum atomic E-state index is 12.5. The van der Waals surface area contributed by atoms with Crippen molar-refractivity contribution in [3.8, 4) is 0 Å². The van der Waals surface area contributed by atoms with Gasteiger partial charge >= 0.3 is 0 Å². The minimum absolute atomic E-state index is 0. The molecule has 0 amide bonds. The summed E-state index contributed by atoms with van der Waals surface area (Å²) in [4.78, 5) is 26.7. The number of nitrogens with two attached hydrogens (primary N) is 1. The van der Waals surface area contributed by atoms with Gasteiger partial charge in [0.25, 0.3) is 5.56 Å². The Morgan fingerprint density at radius 1 is 1.22 bits per heavy atom. The highest BCUT2D eigenvalue weighted by Crippen LogP contribution is 2.37. The highest BCUT2D eigenvalue weighted by atomic mass is 35.5. The van der Waals surface area contributed by atoms with Crippen LogP contribution in [-0.2, 0) is 29.9 Å². The van der Waals surface area contributed by atoms with Gasteiger partial charge in [0.1, 0.15) is 10.7 Å². The van der Waals surface area contributed by atoms with Crippen LogP contribution in [0.4, 0.5) is 0 Å². The third-order valence-corrected chi connectivity index (χ3v) is 7.36. The molecule has 0 radical (unpaired) electrons. The molecule has 3 aromatic heterocycles. The van der Waals surface area contributed by atoms with Gasteiger partial charge in [0.05, 0.1) is 22.4 Å². The zero-order valence-electron chi connectivity index (χ0n) is 14.6. The first-order valence-electron chi connectivity index (χ1n) is 8.85. The molecule has 0 unspecified atom stereocenters. The normalized spacial score (nSPS) is 17.5. The molecule has 144 valence electrons. The molecule has 0 saturated heterocycles. The molecule has 5 rings (SSSR count). The maximum Gasteiger partial charge on any atom is 0.259 e. The van der Waals surface area contributed by atoms with Gasteiger partial charge in [-0.2, -0.15) is 4.98 Å². The minimum atomic E-state index is -0.399. The average Bonchev–Trinajstić information content (AvgIpc) is 3.27. The van der Waals surface area contributed by atoms with Crippen molar-refractivity contribution in [2.75, 3.05) is 0 Å². The molecule has 10 heteroatoms. The van der Waals surface area contributed by atoms with Gasteiger partial charge in [-0.3, -0.25) is 4.79 Å². The van der Waals surface area contributed by atoms with Crippen LogP contribution < -0.4 is 11.3 Å². The van der Waals surface area contributed by atoms with Crippen molar-refractivity contribution in [1.29, 1.82) is 0 Å². The van der Waals surface area contributed by atoms with Crippen molar-refractivity contribution in [3.05, 3.63) is 38.3 Å². The van der Waals surface area contributed by atoms with E-state index in [9.17, 15) is 4.79 Å². The van der Waals surface area contributed by atoms with Gasteiger partial charge in [0.15, 0.2) is 5.82 Å². The molecule has 3 N–H and O–H groups in total. The minimum Gasteiger partial charge on any atom is -0.338 e. The Balaban J connectivity index is 0.00000180. The Bertz CT molecular complexity index is 1040. The third-order valence-electron chi connectivity index (χ3n) is 5.25. The molecule has 3 heterocycles. The Labute approximate surface area is 169 Å². The predicted molar refractivity (Wildman–Crippen MR) is 109 cm³/mol. The van der Waals surface area contributed by atoms with Crippen LogP contribution in [0.3, 0.4) is 0 Å². The molecule has 0 aromatic carbocycles. The number of nitrogens with zero attached hydrogens (tertiary/aromatic N) is 3. The number of hydrogen-bond donors (Lipinski definition) is 2. The second-order valence-corrected chi connectivity index (χ2v) is 9.13. The summed E-state index contributed by atoms with van der Waals surface area (Å²) in [5.74, 6) is 3.05. The molecule has 7 nitrogen and oxygen atoms in total. The second-order valence-electron chi connectivity index (χ2n) is 7.06. The third kappa shape index (κ3) is 3.30. The van der Waals surface area contributed by atoms with Crippen molar-refractivity contribution < 1.29 is 4.52 Å². The van der Waals surface area contributed by atoms with E-state index in [1.54, 1.807) is 23.1 Å². The smallest absolute Gasteiger partial charge is 0.259 e. The SMILES string of the molecule is Cl.NC1(c2noc(CSCc3nc4sc5c(c4c(=O)[nH]3)CCC5)n2)CCC1. The first kappa shape index (κ1) is 18.9. The number of rotatable bonds is 5. The largest absolute Gasteiger partial charge is 0.338 e. The monoisotopic (exact) mass is 425 g/mol. The van der Waals surface area contributed by atoms with Crippen molar-refractivity contribution in [2.24, 2.45) is 5.73 Å². The number of halogens is 1. The summed E-state index contributed by atoms with van der Waals surface area (Å²) in [6.45, 7) is 0. The van der Waals surface area contributed by atoms with E-state index < -0.39 is 5.54 Å².